The number of carbonyl (C=O) groups is 1. The Morgan fingerprint density at radius 3 is 2.50 bits per heavy atom. The van der Waals surface area contributed by atoms with Crippen molar-refractivity contribution in [3.05, 3.63) is 17.3 Å². The third kappa shape index (κ3) is 5.31. The van der Waals surface area contributed by atoms with E-state index in [1.807, 2.05) is 13.8 Å². The molecule has 2 N–H and O–H groups in total. The first kappa shape index (κ1) is 14.7. The second-order valence-electron chi connectivity index (χ2n) is 5.45. The zero-order chi connectivity index (χ0) is 13.8. The predicted octanol–water partition coefficient (Wildman–Crippen LogP) is 1.69. The summed E-state index contributed by atoms with van der Waals surface area (Å²) in [6, 6.07) is 0. The lowest BCUT2D eigenvalue weighted by molar-refractivity contribution is -0.121. The van der Waals surface area contributed by atoms with Gasteiger partial charge in [0, 0.05) is 18.5 Å². The highest BCUT2D eigenvalue weighted by molar-refractivity contribution is 5.75. The van der Waals surface area contributed by atoms with Crippen molar-refractivity contribution in [1.29, 1.82) is 0 Å². The minimum Gasteiger partial charge on any atom is -0.444 e. The highest BCUT2D eigenvalue weighted by Crippen LogP contribution is 2.07. The third-order valence-corrected chi connectivity index (χ3v) is 2.52. The van der Waals surface area contributed by atoms with Gasteiger partial charge in [0.15, 0.2) is 0 Å². The molecule has 0 aliphatic heterocycles. The minimum atomic E-state index is 0.000237. The summed E-state index contributed by atoms with van der Waals surface area (Å²) in [4.78, 5) is 15.8. The number of oxazole rings is 1. The molecule has 0 bridgehead atoms. The van der Waals surface area contributed by atoms with E-state index >= 15 is 0 Å². The fourth-order valence-corrected chi connectivity index (χ4v) is 1.43. The fraction of sp³-hybridized carbons (Fsp3) is 0.692. The monoisotopic (exact) mass is 253 g/mol. The van der Waals surface area contributed by atoms with Crippen LogP contribution in [0.25, 0.3) is 0 Å². The van der Waals surface area contributed by atoms with Gasteiger partial charge in [-0.3, -0.25) is 4.79 Å². The topological polar surface area (TPSA) is 67.2 Å². The summed E-state index contributed by atoms with van der Waals surface area (Å²) in [5.41, 5.74) is 0.908. The Bertz CT molecular complexity index is 385. The maximum absolute atomic E-state index is 11.6. The van der Waals surface area contributed by atoms with Crippen molar-refractivity contribution >= 4 is 5.91 Å². The molecule has 1 rings (SSSR count). The van der Waals surface area contributed by atoms with Gasteiger partial charge in [-0.05, 0) is 34.6 Å². The van der Waals surface area contributed by atoms with Gasteiger partial charge < -0.3 is 15.1 Å². The molecular formula is C13H23N3O2. The molecule has 0 unspecified atom stereocenters. The molecule has 0 aliphatic carbocycles. The van der Waals surface area contributed by atoms with Crippen LogP contribution in [0.3, 0.4) is 0 Å². The van der Waals surface area contributed by atoms with Crippen LogP contribution in [0.2, 0.25) is 0 Å². The Morgan fingerprint density at radius 1 is 1.33 bits per heavy atom. The van der Waals surface area contributed by atoms with Crippen molar-refractivity contribution in [2.75, 3.05) is 6.54 Å². The summed E-state index contributed by atoms with van der Waals surface area (Å²) in [7, 11) is 0. The zero-order valence-corrected chi connectivity index (χ0v) is 11.9. The molecule has 1 amide bonds. The summed E-state index contributed by atoms with van der Waals surface area (Å²) < 4.78 is 5.38. The smallest absolute Gasteiger partial charge is 0.221 e. The Morgan fingerprint density at radius 2 is 2.00 bits per heavy atom. The van der Waals surface area contributed by atoms with Crippen LogP contribution in [-0.4, -0.2) is 23.0 Å². The number of hydrogen-bond donors (Lipinski definition) is 2. The van der Waals surface area contributed by atoms with Gasteiger partial charge >= 0.3 is 0 Å². The molecular weight excluding hydrogens is 230 g/mol. The van der Waals surface area contributed by atoms with E-state index in [0.29, 0.717) is 25.4 Å². The number of nitrogens with one attached hydrogen (secondary N) is 2. The quantitative estimate of drug-likeness (QED) is 0.838. The van der Waals surface area contributed by atoms with Crippen LogP contribution in [0.1, 0.15) is 44.5 Å². The van der Waals surface area contributed by atoms with Crippen LogP contribution in [0, 0.1) is 13.8 Å². The molecule has 1 aromatic heterocycles. The van der Waals surface area contributed by atoms with Gasteiger partial charge in [-0.2, -0.15) is 0 Å². The van der Waals surface area contributed by atoms with E-state index in [1.165, 1.54) is 0 Å². The van der Waals surface area contributed by atoms with Gasteiger partial charge in [-0.25, -0.2) is 4.98 Å². The van der Waals surface area contributed by atoms with Crippen LogP contribution >= 0.6 is 0 Å². The van der Waals surface area contributed by atoms with Gasteiger partial charge in [0.1, 0.15) is 5.76 Å². The maximum atomic E-state index is 11.6. The first-order valence-corrected chi connectivity index (χ1v) is 6.22. The van der Waals surface area contributed by atoms with Crippen molar-refractivity contribution in [3.8, 4) is 0 Å². The number of aryl methyl sites for hydroxylation is 2. The van der Waals surface area contributed by atoms with E-state index in [2.05, 4.69) is 36.4 Å². The van der Waals surface area contributed by atoms with E-state index < -0.39 is 0 Å². The largest absolute Gasteiger partial charge is 0.444 e. The van der Waals surface area contributed by atoms with Gasteiger partial charge in [0.25, 0.3) is 0 Å². The van der Waals surface area contributed by atoms with Crippen molar-refractivity contribution in [1.82, 2.24) is 15.6 Å². The lowest BCUT2D eigenvalue weighted by atomic mass is 10.1. The van der Waals surface area contributed by atoms with Crippen LogP contribution in [-0.2, 0) is 11.3 Å². The molecule has 5 heteroatoms. The van der Waals surface area contributed by atoms with E-state index in [0.717, 1.165) is 11.5 Å². The molecule has 0 aromatic carbocycles. The summed E-state index contributed by atoms with van der Waals surface area (Å²) in [6.07, 6.45) is 0.454. The van der Waals surface area contributed by atoms with Crippen LogP contribution in [0.4, 0.5) is 0 Å². The summed E-state index contributed by atoms with van der Waals surface area (Å²) in [5.74, 6) is 1.36. The van der Waals surface area contributed by atoms with E-state index in [-0.39, 0.29) is 11.4 Å². The lowest BCUT2D eigenvalue weighted by Crippen LogP contribution is -2.38. The van der Waals surface area contributed by atoms with Gasteiger partial charge in [-0.1, -0.05) is 0 Å². The molecule has 0 spiro atoms. The summed E-state index contributed by atoms with van der Waals surface area (Å²) >= 11 is 0. The lowest BCUT2D eigenvalue weighted by Gasteiger charge is -2.20. The number of aromatic nitrogens is 1. The molecule has 18 heavy (non-hydrogen) atoms. The predicted molar refractivity (Wildman–Crippen MR) is 70.2 cm³/mol. The summed E-state index contributed by atoms with van der Waals surface area (Å²) in [6.45, 7) is 11.0. The average molecular weight is 253 g/mol. The highest BCUT2D eigenvalue weighted by atomic mass is 16.4. The normalized spacial score (nSPS) is 11.6. The van der Waals surface area contributed by atoms with Gasteiger partial charge in [-0.15, -0.1) is 0 Å². The first-order valence-electron chi connectivity index (χ1n) is 6.22. The molecule has 1 aromatic rings. The molecule has 0 fully saturated rings. The standard InChI is InChI=1S/C13H23N3O2/c1-9-10(2)18-12(16-9)8-14-11(17)6-7-15-13(3,4)5/h15H,6-8H2,1-5H3,(H,14,17). The van der Waals surface area contributed by atoms with Gasteiger partial charge in [0.2, 0.25) is 11.8 Å². The number of hydrogen-bond acceptors (Lipinski definition) is 4. The molecule has 0 saturated heterocycles. The molecule has 5 nitrogen and oxygen atoms in total. The SMILES string of the molecule is Cc1nc(CNC(=O)CCNC(C)(C)C)oc1C. The van der Waals surface area contributed by atoms with Crippen LogP contribution < -0.4 is 10.6 Å². The highest BCUT2D eigenvalue weighted by Gasteiger charge is 2.10. The number of amides is 1. The Labute approximate surface area is 108 Å². The van der Waals surface area contributed by atoms with E-state index in [9.17, 15) is 4.79 Å². The van der Waals surface area contributed by atoms with Gasteiger partial charge in [0.05, 0.1) is 12.2 Å². The fourth-order valence-electron chi connectivity index (χ4n) is 1.43. The van der Waals surface area contributed by atoms with Crippen molar-refractivity contribution in [2.45, 2.75) is 53.1 Å². The van der Waals surface area contributed by atoms with Crippen molar-refractivity contribution in [2.24, 2.45) is 0 Å². The van der Waals surface area contributed by atoms with Crippen LogP contribution in [0.5, 0.6) is 0 Å². The number of carbonyl (C=O) groups excluding carboxylic acids is 1. The minimum absolute atomic E-state index is 0.000237. The van der Waals surface area contributed by atoms with Crippen molar-refractivity contribution < 1.29 is 9.21 Å². The third-order valence-electron chi connectivity index (χ3n) is 2.52. The first-order chi connectivity index (χ1) is 8.28. The Balaban J connectivity index is 2.25. The second-order valence-corrected chi connectivity index (χ2v) is 5.45. The molecule has 1 heterocycles. The molecule has 102 valence electrons. The molecule has 0 atom stereocenters. The van der Waals surface area contributed by atoms with E-state index in [1.54, 1.807) is 0 Å². The molecule has 0 radical (unpaired) electrons. The number of nitrogens with zero attached hydrogens (tertiary/aromatic N) is 1. The zero-order valence-electron chi connectivity index (χ0n) is 11.9. The van der Waals surface area contributed by atoms with Crippen LogP contribution in [0.15, 0.2) is 4.42 Å². The Kier molecular flexibility index (Phi) is 4.90. The maximum Gasteiger partial charge on any atom is 0.221 e. The van der Waals surface area contributed by atoms with E-state index in [4.69, 9.17) is 4.42 Å². The Hall–Kier alpha value is -1.36. The molecule has 0 saturated carbocycles. The number of rotatable bonds is 5. The van der Waals surface area contributed by atoms with Crippen molar-refractivity contribution in [3.63, 3.8) is 0 Å². The summed E-state index contributed by atoms with van der Waals surface area (Å²) in [5, 5.41) is 6.05. The second kappa shape index (κ2) is 6.00. The average Bonchev–Trinajstić information content (AvgIpc) is 2.54. The molecule has 0 aliphatic rings.